The van der Waals surface area contributed by atoms with E-state index in [-0.39, 0.29) is 6.54 Å². The minimum atomic E-state index is -1.12. The molecule has 0 saturated heterocycles. The van der Waals surface area contributed by atoms with E-state index in [9.17, 15) is 14.7 Å². The number of amides is 1. The van der Waals surface area contributed by atoms with Crippen LogP contribution in [0.15, 0.2) is 78.9 Å². The quantitative estimate of drug-likeness (QED) is 0.337. The number of ether oxygens (including phenoxy) is 2. The van der Waals surface area contributed by atoms with Crippen molar-refractivity contribution in [3.8, 4) is 11.5 Å². The fourth-order valence-electron chi connectivity index (χ4n) is 3.38. The summed E-state index contributed by atoms with van der Waals surface area (Å²) in [6, 6.07) is 23.8. The summed E-state index contributed by atoms with van der Waals surface area (Å²) in [4.78, 5) is 31.7. The Morgan fingerprint density at radius 1 is 0.971 bits per heavy atom. The van der Waals surface area contributed by atoms with Gasteiger partial charge in [-0.3, -0.25) is 9.69 Å². The number of rotatable bonds is 10. The normalized spacial score (nSPS) is 10.7. The maximum atomic E-state index is 12.6. The Morgan fingerprint density at radius 2 is 1.71 bits per heavy atom. The summed E-state index contributed by atoms with van der Waals surface area (Å²) in [6.07, 6.45) is -0.734. The van der Waals surface area contributed by atoms with E-state index >= 15 is 0 Å². The van der Waals surface area contributed by atoms with Crippen molar-refractivity contribution in [1.82, 2.24) is 9.88 Å². The monoisotopic (exact) mass is 491 g/mol. The Balaban J connectivity index is 1.34. The van der Waals surface area contributed by atoms with Crippen LogP contribution in [0.5, 0.6) is 11.5 Å². The number of para-hydroxylation sites is 2. The van der Waals surface area contributed by atoms with Crippen molar-refractivity contribution < 1.29 is 24.2 Å². The predicted molar refractivity (Wildman–Crippen MR) is 135 cm³/mol. The van der Waals surface area contributed by atoms with Gasteiger partial charge < -0.3 is 19.5 Å². The van der Waals surface area contributed by atoms with Gasteiger partial charge in [-0.05, 0) is 42.0 Å². The van der Waals surface area contributed by atoms with Gasteiger partial charge in [0, 0.05) is 13.6 Å². The Hall–Kier alpha value is -4.11. The first-order valence-electron chi connectivity index (χ1n) is 11.0. The highest BCUT2D eigenvalue weighted by molar-refractivity contribution is 7.22. The molecule has 35 heavy (non-hydrogen) atoms. The van der Waals surface area contributed by atoms with Gasteiger partial charge in [-0.2, -0.15) is 0 Å². The van der Waals surface area contributed by atoms with E-state index in [0.29, 0.717) is 24.7 Å². The fourth-order valence-corrected chi connectivity index (χ4v) is 4.33. The zero-order chi connectivity index (χ0) is 24.6. The SMILES string of the molecule is CN(CCOc1cccc(CN(CC(=O)O)C(=O)Oc2ccccc2)c1)c1nc2ccccc2s1. The standard InChI is InChI=1S/C26H25N3O5S/c1-28(25-27-22-12-5-6-13-23(22)35-25)14-15-33-21-11-7-8-19(16-21)17-29(18-24(30)31)26(32)34-20-9-3-2-4-10-20/h2-13,16H,14-15,17-18H2,1H3,(H,30,31). The Bertz CT molecular complexity index is 1260. The highest BCUT2D eigenvalue weighted by atomic mass is 32.1. The molecule has 3 aromatic carbocycles. The third kappa shape index (κ3) is 6.70. The van der Waals surface area contributed by atoms with Crippen molar-refractivity contribution in [1.29, 1.82) is 0 Å². The molecule has 0 aliphatic carbocycles. The van der Waals surface area contributed by atoms with E-state index in [1.807, 2.05) is 48.3 Å². The minimum absolute atomic E-state index is 0.0702. The summed E-state index contributed by atoms with van der Waals surface area (Å²) in [5.74, 6) is -0.144. The molecule has 4 rings (SSSR count). The van der Waals surface area contributed by atoms with Crippen LogP contribution in [0.1, 0.15) is 5.56 Å². The Kier molecular flexibility index (Phi) is 7.79. The van der Waals surface area contributed by atoms with Crippen LogP contribution in [-0.2, 0) is 11.3 Å². The fraction of sp³-hybridized carbons (Fsp3) is 0.192. The molecule has 1 aromatic heterocycles. The average molecular weight is 492 g/mol. The number of aromatic nitrogens is 1. The number of aliphatic carboxylic acids is 1. The van der Waals surface area contributed by atoms with Crippen LogP contribution in [0.3, 0.4) is 0 Å². The van der Waals surface area contributed by atoms with Gasteiger partial charge in [0.1, 0.15) is 24.7 Å². The molecule has 0 bridgehead atoms. The second-order valence-corrected chi connectivity index (χ2v) is 8.82. The van der Waals surface area contributed by atoms with Gasteiger partial charge in [-0.15, -0.1) is 0 Å². The third-order valence-corrected chi connectivity index (χ3v) is 6.26. The van der Waals surface area contributed by atoms with E-state index in [1.54, 1.807) is 47.7 Å². The lowest BCUT2D eigenvalue weighted by atomic mass is 10.2. The van der Waals surface area contributed by atoms with Crippen molar-refractivity contribution >= 4 is 38.7 Å². The van der Waals surface area contributed by atoms with Crippen molar-refractivity contribution in [3.05, 3.63) is 84.4 Å². The number of likely N-dealkylation sites (N-methyl/N-ethyl adjacent to an activating group) is 1. The molecule has 4 aromatic rings. The average Bonchev–Trinajstić information content (AvgIpc) is 3.29. The second kappa shape index (κ2) is 11.3. The van der Waals surface area contributed by atoms with Crippen molar-refractivity contribution in [3.63, 3.8) is 0 Å². The summed E-state index contributed by atoms with van der Waals surface area (Å²) in [5, 5.41) is 10.2. The minimum Gasteiger partial charge on any atom is -0.492 e. The summed E-state index contributed by atoms with van der Waals surface area (Å²) < 4.78 is 12.4. The molecule has 0 aliphatic heterocycles. The third-order valence-electron chi connectivity index (χ3n) is 5.11. The number of carboxylic acid groups (broad SMARTS) is 1. The van der Waals surface area contributed by atoms with Gasteiger partial charge in [0.25, 0.3) is 0 Å². The molecule has 0 aliphatic rings. The number of carboxylic acids is 1. The smallest absolute Gasteiger partial charge is 0.416 e. The van der Waals surface area contributed by atoms with Crippen LogP contribution < -0.4 is 14.4 Å². The van der Waals surface area contributed by atoms with Crippen molar-refractivity contribution in [2.75, 3.05) is 31.6 Å². The van der Waals surface area contributed by atoms with Crippen LogP contribution in [0.4, 0.5) is 9.93 Å². The van der Waals surface area contributed by atoms with E-state index in [1.165, 1.54) is 0 Å². The van der Waals surface area contributed by atoms with E-state index < -0.39 is 18.6 Å². The first-order valence-corrected chi connectivity index (χ1v) is 11.8. The topological polar surface area (TPSA) is 92.2 Å². The summed E-state index contributed by atoms with van der Waals surface area (Å²) >= 11 is 1.63. The lowest BCUT2D eigenvalue weighted by Gasteiger charge is -2.21. The molecule has 1 heterocycles. The number of nitrogens with zero attached hydrogens (tertiary/aromatic N) is 3. The molecular weight excluding hydrogens is 466 g/mol. The number of hydrogen-bond acceptors (Lipinski definition) is 7. The summed E-state index contributed by atoms with van der Waals surface area (Å²) in [5.41, 5.74) is 1.71. The molecule has 8 nitrogen and oxygen atoms in total. The number of benzene rings is 3. The number of carbonyl (C=O) groups is 2. The van der Waals surface area contributed by atoms with E-state index in [2.05, 4.69) is 11.1 Å². The predicted octanol–water partition coefficient (Wildman–Crippen LogP) is 4.90. The van der Waals surface area contributed by atoms with Crippen molar-refractivity contribution in [2.24, 2.45) is 0 Å². The van der Waals surface area contributed by atoms with Gasteiger partial charge in [0.05, 0.1) is 16.8 Å². The lowest BCUT2D eigenvalue weighted by Crippen LogP contribution is -2.37. The highest BCUT2D eigenvalue weighted by Crippen LogP contribution is 2.27. The van der Waals surface area contributed by atoms with Gasteiger partial charge in [-0.25, -0.2) is 9.78 Å². The van der Waals surface area contributed by atoms with E-state index in [0.717, 1.165) is 25.8 Å². The zero-order valence-corrected chi connectivity index (χ0v) is 20.0. The molecule has 0 atom stereocenters. The van der Waals surface area contributed by atoms with Crippen LogP contribution in [0.25, 0.3) is 10.2 Å². The lowest BCUT2D eigenvalue weighted by molar-refractivity contribution is -0.138. The maximum absolute atomic E-state index is 12.6. The number of hydrogen-bond donors (Lipinski definition) is 1. The summed E-state index contributed by atoms with van der Waals surface area (Å²) in [6.45, 7) is 0.661. The van der Waals surface area contributed by atoms with Crippen LogP contribution in [0.2, 0.25) is 0 Å². The number of anilines is 1. The van der Waals surface area contributed by atoms with E-state index in [4.69, 9.17) is 9.47 Å². The first kappa shape index (κ1) is 24.0. The largest absolute Gasteiger partial charge is 0.492 e. The first-order chi connectivity index (χ1) is 17.0. The van der Waals surface area contributed by atoms with Crippen LogP contribution in [0, 0.1) is 0 Å². The van der Waals surface area contributed by atoms with Gasteiger partial charge in [0.2, 0.25) is 0 Å². The molecule has 0 radical (unpaired) electrons. The number of thiazole rings is 1. The second-order valence-electron chi connectivity index (χ2n) is 7.81. The molecule has 180 valence electrons. The molecule has 0 spiro atoms. The van der Waals surface area contributed by atoms with Crippen LogP contribution >= 0.6 is 11.3 Å². The molecular formula is C26H25N3O5S. The van der Waals surface area contributed by atoms with Gasteiger partial charge >= 0.3 is 12.1 Å². The zero-order valence-electron chi connectivity index (χ0n) is 19.2. The highest BCUT2D eigenvalue weighted by Gasteiger charge is 2.20. The number of fused-ring (bicyclic) bond motifs is 1. The van der Waals surface area contributed by atoms with Gasteiger partial charge in [0.15, 0.2) is 5.13 Å². The Morgan fingerprint density at radius 3 is 2.49 bits per heavy atom. The van der Waals surface area contributed by atoms with Crippen LogP contribution in [-0.4, -0.2) is 53.8 Å². The van der Waals surface area contributed by atoms with Gasteiger partial charge in [-0.1, -0.05) is 53.8 Å². The molecule has 0 saturated carbocycles. The molecule has 0 fully saturated rings. The number of carbonyl (C=O) groups excluding carboxylic acids is 1. The maximum Gasteiger partial charge on any atom is 0.416 e. The molecule has 1 N–H and O–H groups in total. The molecule has 9 heteroatoms. The van der Waals surface area contributed by atoms with Crippen molar-refractivity contribution in [2.45, 2.75) is 6.54 Å². The molecule has 0 unspecified atom stereocenters. The Labute approximate surface area is 207 Å². The molecule has 1 amide bonds. The summed E-state index contributed by atoms with van der Waals surface area (Å²) in [7, 11) is 1.97.